The number of carbonyl (C=O) groups excluding carboxylic acids is 1. The molecule has 1 spiro atoms. The molecule has 0 aromatic rings. The molecule has 0 unspecified atom stereocenters. The third-order valence-corrected chi connectivity index (χ3v) is 8.00. The lowest BCUT2D eigenvalue weighted by molar-refractivity contribution is 0.0316. The van der Waals surface area contributed by atoms with Crippen molar-refractivity contribution in [3.8, 4) is 0 Å². The Kier molecular flexibility index (Phi) is 5.02. The van der Waals surface area contributed by atoms with E-state index in [2.05, 4.69) is 5.32 Å². The minimum absolute atomic E-state index is 0.0692. The number of hydrogen-bond donors (Lipinski definition) is 1. The van der Waals surface area contributed by atoms with Gasteiger partial charge in [-0.05, 0) is 38.8 Å². The van der Waals surface area contributed by atoms with E-state index in [1.54, 1.807) is 0 Å². The van der Waals surface area contributed by atoms with Crippen LogP contribution in [0, 0.1) is 0 Å². The van der Waals surface area contributed by atoms with E-state index in [0.29, 0.717) is 6.54 Å². The molecule has 0 radical (unpaired) electrons. The molecule has 1 amide bonds. The van der Waals surface area contributed by atoms with Gasteiger partial charge in [-0.2, -0.15) is 0 Å². The molecule has 0 aromatic heterocycles. The summed E-state index contributed by atoms with van der Waals surface area (Å²) in [6.45, 7) is 2.49. The van der Waals surface area contributed by atoms with Gasteiger partial charge in [0.05, 0.1) is 12.2 Å². The van der Waals surface area contributed by atoms with E-state index in [9.17, 15) is 9.36 Å². The van der Waals surface area contributed by atoms with E-state index in [1.807, 2.05) is 4.90 Å². The van der Waals surface area contributed by atoms with Gasteiger partial charge in [-0.25, -0.2) is 4.79 Å². The Morgan fingerprint density at radius 3 is 2.35 bits per heavy atom. The van der Waals surface area contributed by atoms with Gasteiger partial charge in [0.2, 0.25) is 0 Å². The van der Waals surface area contributed by atoms with Crippen molar-refractivity contribution in [2.24, 2.45) is 0 Å². The van der Waals surface area contributed by atoms with Crippen LogP contribution in [-0.4, -0.2) is 62.1 Å². The van der Waals surface area contributed by atoms with Gasteiger partial charge in [0, 0.05) is 33.1 Å². The van der Waals surface area contributed by atoms with E-state index >= 15 is 0 Å². The fourth-order valence-electron chi connectivity index (χ4n) is 4.13. The first-order valence-electron chi connectivity index (χ1n) is 8.43. The molecule has 0 aromatic carbocycles. The maximum absolute atomic E-state index is 12.5. The van der Waals surface area contributed by atoms with E-state index in [1.165, 1.54) is 14.2 Å². The normalized spacial score (nSPS) is 31.4. The third kappa shape index (κ3) is 3.29. The average molecular weight is 346 g/mol. The molecular formula is C15H27N2O5P. The Morgan fingerprint density at radius 2 is 1.78 bits per heavy atom. The Labute approximate surface area is 137 Å². The third-order valence-electron chi connectivity index (χ3n) is 5.57. The fraction of sp³-hybridized carbons (Fsp3) is 0.933. The maximum Gasteiger partial charge on any atom is 0.410 e. The van der Waals surface area contributed by atoms with Crippen LogP contribution in [0.5, 0.6) is 0 Å². The fourth-order valence-corrected chi connectivity index (χ4v) is 5.81. The lowest BCUT2D eigenvalue weighted by Crippen LogP contribution is -2.46. The second kappa shape index (κ2) is 6.71. The van der Waals surface area contributed by atoms with E-state index in [4.69, 9.17) is 13.8 Å². The number of amides is 1. The van der Waals surface area contributed by atoms with Crippen LogP contribution >= 0.6 is 7.60 Å². The van der Waals surface area contributed by atoms with Crippen LogP contribution in [0.2, 0.25) is 0 Å². The number of nitrogens with zero attached hydrogens (tertiary/aromatic N) is 1. The van der Waals surface area contributed by atoms with Gasteiger partial charge in [-0.15, -0.1) is 0 Å². The van der Waals surface area contributed by atoms with Crippen LogP contribution in [0.25, 0.3) is 0 Å². The molecule has 0 bridgehead atoms. The summed E-state index contributed by atoms with van der Waals surface area (Å²) in [7, 11) is -0.127. The quantitative estimate of drug-likeness (QED) is 0.788. The van der Waals surface area contributed by atoms with Crippen molar-refractivity contribution < 1.29 is 23.1 Å². The highest BCUT2D eigenvalue weighted by atomic mass is 31.2. The lowest BCUT2D eigenvalue weighted by atomic mass is 9.90. The molecule has 3 fully saturated rings. The molecule has 3 aliphatic rings. The van der Waals surface area contributed by atoms with Crippen molar-refractivity contribution in [2.75, 3.05) is 33.9 Å². The number of hydrogen-bond acceptors (Lipinski definition) is 6. The highest BCUT2D eigenvalue weighted by Crippen LogP contribution is 2.56. The van der Waals surface area contributed by atoms with E-state index < -0.39 is 7.60 Å². The van der Waals surface area contributed by atoms with Crippen molar-refractivity contribution in [2.45, 2.75) is 55.8 Å². The number of nitrogens with one attached hydrogen (secondary N) is 1. The van der Waals surface area contributed by atoms with Gasteiger partial charge in [0.25, 0.3) is 0 Å². The average Bonchev–Trinajstić information content (AvgIpc) is 2.90. The summed E-state index contributed by atoms with van der Waals surface area (Å²) in [6, 6.07) is 0.176. The Hall–Kier alpha value is -0.620. The second-order valence-electron chi connectivity index (χ2n) is 6.80. The van der Waals surface area contributed by atoms with Crippen molar-refractivity contribution in [1.29, 1.82) is 0 Å². The molecule has 23 heavy (non-hydrogen) atoms. The van der Waals surface area contributed by atoms with Gasteiger partial charge in [-0.1, -0.05) is 0 Å². The summed E-state index contributed by atoms with van der Waals surface area (Å²) >= 11 is 0. The predicted molar refractivity (Wildman–Crippen MR) is 85.7 cm³/mol. The summed E-state index contributed by atoms with van der Waals surface area (Å²) in [5, 5.41) is 3.31. The zero-order valence-corrected chi connectivity index (χ0v) is 14.8. The summed E-state index contributed by atoms with van der Waals surface area (Å²) in [5.74, 6) is 0. The minimum atomic E-state index is -3.01. The standard InChI is InChI=1S/C15H27N2O5P/c1-20-23(19,21-2)13-5-3-12(4-6-13)17-11-15(22-14(17)18)7-9-16-10-8-15/h12-13,16H,3-11H2,1-2H3/t12-,13-. The molecule has 7 nitrogen and oxygen atoms in total. The number of ether oxygens (including phenoxy) is 1. The Balaban J connectivity index is 1.60. The molecule has 1 aliphatic carbocycles. The van der Waals surface area contributed by atoms with E-state index in [-0.39, 0.29) is 23.4 Å². The van der Waals surface area contributed by atoms with Gasteiger partial charge in [0.1, 0.15) is 5.60 Å². The summed E-state index contributed by atoms with van der Waals surface area (Å²) in [5.41, 5.74) is -0.367. The second-order valence-corrected chi connectivity index (χ2v) is 9.34. The topological polar surface area (TPSA) is 77.1 Å². The van der Waals surface area contributed by atoms with Crippen LogP contribution in [0.1, 0.15) is 38.5 Å². The Morgan fingerprint density at radius 1 is 1.17 bits per heavy atom. The molecular weight excluding hydrogens is 319 g/mol. The van der Waals surface area contributed by atoms with Crippen LogP contribution in [0.15, 0.2) is 0 Å². The predicted octanol–water partition coefficient (Wildman–Crippen LogP) is 2.36. The lowest BCUT2D eigenvalue weighted by Gasteiger charge is -2.36. The zero-order valence-electron chi connectivity index (χ0n) is 14.0. The molecule has 0 atom stereocenters. The van der Waals surface area contributed by atoms with Crippen molar-refractivity contribution in [3.05, 3.63) is 0 Å². The molecule has 132 valence electrons. The summed E-state index contributed by atoms with van der Waals surface area (Å²) < 4.78 is 28.5. The SMILES string of the molecule is COP(=O)(OC)[C@H]1CC[C@H](N2CC3(CCNCC3)OC2=O)CC1. The van der Waals surface area contributed by atoms with Gasteiger partial charge in [-0.3, -0.25) is 4.57 Å². The van der Waals surface area contributed by atoms with Gasteiger partial charge < -0.3 is 24.0 Å². The molecule has 2 saturated heterocycles. The first-order chi connectivity index (χ1) is 11.0. The summed E-state index contributed by atoms with van der Waals surface area (Å²) in [6.07, 6.45) is 4.73. The van der Waals surface area contributed by atoms with Crippen LogP contribution in [-0.2, 0) is 18.3 Å². The molecule has 2 heterocycles. The van der Waals surface area contributed by atoms with Gasteiger partial charge in [0.15, 0.2) is 0 Å². The Bertz CT molecular complexity index is 478. The number of rotatable bonds is 4. The highest BCUT2D eigenvalue weighted by Gasteiger charge is 2.49. The summed E-state index contributed by atoms with van der Waals surface area (Å²) in [4.78, 5) is 14.2. The molecule has 1 N–H and O–H groups in total. The van der Waals surface area contributed by atoms with Gasteiger partial charge >= 0.3 is 13.7 Å². The minimum Gasteiger partial charge on any atom is -0.441 e. The number of carbonyl (C=O) groups is 1. The van der Waals surface area contributed by atoms with Crippen molar-refractivity contribution >= 4 is 13.7 Å². The smallest absolute Gasteiger partial charge is 0.410 e. The maximum atomic E-state index is 12.5. The molecule has 2 aliphatic heterocycles. The number of piperidine rings is 1. The first kappa shape index (κ1) is 17.2. The monoisotopic (exact) mass is 346 g/mol. The van der Waals surface area contributed by atoms with Crippen molar-refractivity contribution in [3.63, 3.8) is 0 Å². The first-order valence-corrected chi connectivity index (χ1v) is 10.0. The van der Waals surface area contributed by atoms with E-state index in [0.717, 1.165) is 51.6 Å². The highest BCUT2D eigenvalue weighted by molar-refractivity contribution is 7.54. The zero-order chi connectivity index (χ0) is 16.5. The molecule has 8 heteroatoms. The van der Waals surface area contributed by atoms with Crippen LogP contribution in [0.3, 0.4) is 0 Å². The van der Waals surface area contributed by atoms with Crippen LogP contribution < -0.4 is 5.32 Å². The van der Waals surface area contributed by atoms with Crippen molar-refractivity contribution in [1.82, 2.24) is 10.2 Å². The molecule has 1 saturated carbocycles. The molecule has 3 rings (SSSR count). The van der Waals surface area contributed by atoms with Crippen LogP contribution in [0.4, 0.5) is 4.79 Å². The largest absolute Gasteiger partial charge is 0.441 e.